The molecule has 0 spiro atoms. The maximum atomic E-state index is 12.4. The van der Waals surface area contributed by atoms with Crippen LogP contribution in [-0.2, 0) is 17.6 Å². The molecule has 1 heterocycles. The van der Waals surface area contributed by atoms with Gasteiger partial charge in [0.25, 0.3) is 0 Å². The van der Waals surface area contributed by atoms with Crippen molar-refractivity contribution >= 4 is 11.6 Å². The second kappa shape index (κ2) is 6.65. The summed E-state index contributed by atoms with van der Waals surface area (Å²) in [6.45, 7) is 3.59. The highest BCUT2D eigenvalue weighted by Gasteiger charge is 2.26. The minimum absolute atomic E-state index is 0.104. The predicted molar refractivity (Wildman–Crippen MR) is 90.1 cm³/mol. The lowest BCUT2D eigenvalue weighted by Gasteiger charge is -2.26. The maximum Gasteiger partial charge on any atom is 0.242 e. The highest BCUT2D eigenvalue weighted by molar-refractivity contribution is 5.85. The van der Waals surface area contributed by atoms with Gasteiger partial charge in [-0.05, 0) is 37.0 Å². The molecule has 22 heavy (non-hydrogen) atoms. The Hall–Kier alpha value is -2.29. The minimum atomic E-state index is -0.126. The number of fused-ring (bicyclic) bond motifs is 1. The second-order valence-corrected chi connectivity index (χ2v) is 5.77. The van der Waals surface area contributed by atoms with Crippen molar-refractivity contribution in [1.82, 2.24) is 5.32 Å². The van der Waals surface area contributed by atoms with Crippen LogP contribution in [0, 0.1) is 0 Å². The van der Waals surface area contributed by atoms with Gasteiger partial charge in [0, 0.05) is 18.8 Å². The summed E-state index contributed by atoms with van der Waals surface area (Å²) in [5, 5.41) is 3.06. The molecule has 2 aromatic rings. The van der Waals surface area contributed by atoms with Crippen molar-refractivity contribution < 1.29 is 4.79 Å². The Balaban J connectivity index is 1.54. The Morgan fingerprint density at radius 3 is 2.68 bits per heavy atom. The third-order valence-corrected chi connectivity index (χ3v) is 4.33. The van der Waals surface area contributed by atoms with E-state index in [-0.39, 0.29) is 11.9 Å². The average Bonchev–Trinajstić information content (AvgIpc) is 2.99. The molecule has 1 amide bonds. The first-order valence-corrected chi connectivity index (χ1v) is 7.92. The number of carbonyl (C=O) groups is 1. The van der Waals surface area contributed by atoms with Gasteiger partial charge in [-0.25, -0.2) is 0 Å². The zero-order chi connectivity index (χ0) is 15.4. The monoisotopic (exact) mass is 294 g/mol. The largest absolute Gasteiger partial charge is 0.359 e. The molecule has 1 N–H and O–H groups in total. The van der Waals surface area contributed by atoms with Crippen LogP contribution in [0.5, 0.6) is 0 Å². The van der Waals surface area contributed by atoms with Gasteiger partial charge in [0.05, 0.1) is 0 Å². The van der Waals surface area contributed by atoms with Gasteiger partial charge < -0.3 is 10.2 Å². The fraction of sp³-hybridized carbons (Fsp3) is 0.316. The van der Waals surface area contributed by atoms with Crippen LogP contribution < -0.4 is 10.2 Å². The Morgan fingerprint density at radius 1 is 1.14 bits per heavy atom. The normalized spacial score (nSPS) is 14.5. The molecular formula is C19H22N2O. The first kappa shape index (κ1) is 14.6. The van der Waals surface area contributed by atoms with E-state index >= 15 is 0 Å². The topological polar surface area (TPSA) is 32.3 Å². The molecule has 1 atom stereocenters. The SMILES string of the molecule is C[C@H](C(=O)NCCc1ccccc1)N1CCc2ccccc21. The summed E-state index contributed by atoms with van der Waals surface area (Å²) in [5.41, 5.74) is 3.79. The Labute approximate surface area is 132 Å². The molecule has 0 fully saturated rings. The number of hydrogen-bond donors (Lipinski definition) is 1. The summed E-state index contributed by atoms with van der Waals surface area (Å²) in [5.74, 6) is 0.104. The zero-order valence-corrected chi connectivity index (χ0v) is 13.0. The molecule has 1 aliphatic heterocycles. The molecule has 3 nitrogen and oxygen atoms in total. The highest BCUT2D eigenvalue weighted by atomic mass is 16.2. The molecule has 0 unspecified atom stereocenters. The van der Waals surface area contributed by atoms with Crippen molar-refractivity contribution in [3.8, 4) is 0 Å². The molecule has 0 aliphatic carbocycles. The number of nitrogens with zero attached hydrogens (tertiary/aromatic N) is 1. The highest BCUT2D eigenvalue weighted by Crippen LogP contribution is 2.29. The first-order chi connectivity index (χ1) is 10.8. The second-order valence-electron chi connectivity index (χ2n) is 5.77. The van der Waals surface area contributed by atoms with Gasteiger partial charge in [0.15, 0.2) is 0 Å². The van der Waals surface area contributed by atoms with Gasteiger partial charge in [-0.2, -0.15) is 0 Å². The van der Waals surface area contributed by atoms with Crippen molar-refractivity contribution in [2.45, 2.75) is 25.8 Å². The van der Waals surface area contributed by atoms with E-state index in [1.807, 2.05) is 31.2 Å². The summed E-state index contributed by atoms with van der Waals surface area (Å²) in [6, 6.07) is 18.5. The molecular weight excluding hydrogens is 272 g/mol. The Kier molecular flexibility index (Phi) is 4.42. The number of hydrogen-bond acceptors (Lipinski definition) is 2. The van der Waals surface area contributed by atoms with E-state index in [4.69, 9.17) is 0 Å². The lowest BCUT2D eigenvalue weighted by atomic mass is 10.1. The van der Waals surface area contributed by atoms with E-state index in [1.165, 1.54) is 16.8 Å². The summed E-state index contributed by atoms with van der Waals surface area (Å²) in [7, 11) is 0. The van der Waals surface area contributed by atoms with Gasteiger partial charge in [-0.1, -0.05) is 48.5 Å². The van der Waals surface area contributed by atoms with E-state index in [0.29, 0.717) is 6.54 Å². The van der Waals surface area contributed by atoms with Gasteiger partial charge in [-0.15, -0.1) is 0 Å². The maximum absolute atomic E-state index is 12.4. The van der Waals surface area contributed by atoms with Crippen molar-refractivity contribution in [2.24, 2.45) is 0 Å². The number of rotatable bonds is 5. The Morgan fingerprint density at radius 2 is 1.86 bits per heavy atom. The van der Waals surface area contributed by atoms with E-state index < -0.39 is 0 Å². The zero-order valence-electron chi connectivity index (χ0n) is 13.0. The van der Waals surface area contributed by atoms with Gasteiger partial charge in [0.2, 0.25) is 5.91 Å². The molecule has 0 bridgehead atoms. The smallest absolute Gasteiger partial charge is 0.242 e. The number of benzene rings is 2. The first-order valence-electron chi connectivity index (χ1n) is 7.92. The number of para-hydroxylation sites is 1. The van der Waals surface area contributed by atoms with Crippen LogP contribution in [0.2, 0.25) is 0 Å². The molecule has 2 aromatic carbocycles. The number of nitrogens with one attached hydrogen (secondary N) is 1. The molecule has 0 saturated heterocycles. The fourth-order valence-corrected chi connectivity index (χ4v) is 3.03. The molecule has 0 aromatic heterocycles. The van der Waals surface area contributed by atoms with Crippen LogP contribution in [-0.4, -0.2) is 25.0 Å². The molecule has 0 saturated carbocycles. The summed E-state index contributed by atoms with van der Waals surface area (Å²) in [6.07, 6.45) is 1.90. The molecule has 3 heteroatoms. The molecule has 1 aliphatic rings. The lowest BCUT2D eigenvalue weighted by molar-refractivity contribution is -0.122. The van der Waals surface area contributed by atoms with Crippen molar-refractivity contribution in [1.29, 1.82) is 0 Å². The lowest BCUT2D eigenvalue weighted by Crippen LogP contribution is -2.45. The van der Waals surface area contributed by atoms with Gasteiger partial charge in [0.1, 0.15) is 6.04 Å². The van der Waals surface area contributed by atoms with Gasteiger partial charge in [-0.3, -0.25) is 4.79 Å². The van der Waals surface area contributed by atoms with Crippen molar-refractivity contribution in [3.05, 3.63) is 65.7 Å². The number of anilines is 1. The van der Waals surface area contributed by atoms with Crippen LogP contribution in [0.15, 0.2) is 54.6 Å². The summed E-state index contributed by atoms with van der Waals surface area (Å²) in [4.78, 5) is 14.6. The van der Waals surface area contributed by atoms with Crippen LogP contribution in [0.4, 0.5) is 5.69 Å². The molecule has 0 radical (unpaired) electrons. The standard InChI is InChI=1S/C19H22N2O/c1-15(21-14-12-17-9-5-6-10-18(17)21)19(22)20-13-11-16-7-3-2-4-8-16/h2-10,15H,11-14H2,1H3,(H,20,22)/t15-/m1/s1. The van der Waals surface area contributed by atoms with Crippen molar-refractivity contribution in [3.63, 3.8) is 0 Å². The van der Waals surface area contributed by atoms with Crippen molar-refractivity contribution in [2.75, 3.05) is 18.0 Å². The number of carbonyl (C=O) groups excluding carboxylic acids is 1. The predicted octanol–water partition coefficient (Wildman–Crippen LogP) is 2.80. The van der Waals surface area contributed by atoms with Gasteiger partial charge >= 0.3 is 0 Å². The van der Waals surface area contributed by atoms with E-state index in [1.54, 1.807) is 0 Å². The molecule has 3 rings (SSSR count). The fourth-order valence-electron chi connectivity index (χ4n) is 3.03. The Bertz CT molecular complexity index is 639. The van der Waals surface area contributed by atoms with Crippen LogP contribution >= 0.6 is 0 Å². The summed E-state index contributed by atoms with van der Waals surface area (Å²) < 4.78 is 0. The van der Waals surface area contributed by atoms with Crippen LogP contribution in [0.25, 0.3) is 0 Å². The summed E-state index contributed by atoms with van der Waals surface area (Å²) >= 11 is 0. The third-order valence-electron chi connectivity index (χ3n) is 4.33. The number of amides is 1. The quantitative estimate of drug-likeness (QED) is 0.919. The molecule has 114 valence electrons. The van der Waals surface area contributed by atoms with Crippen LogP contribution in [0.3, 0.4) is 0 Å². The minimum Gasteiger partial charge on any atom is -0.359 e. The van der Waals surface area contributed by atoms with E-state index in [9.17, 15) is 4.79 Å². The van der Waals surface area contributed by atoms with E-state index in [0.717, 1.165) is 19.4 Å². The van der Waals surface area contributed by atoms with E-state index in [2.05, 4.69) is 40.5 Å². The average molecular weight is 294 g/mol. The van der Waals surface area contributed by atoms with Crippen LogP contribution in [0.1, 0.15) is 18.1 Å². The third kappa shape index (κ3) is 3.14.